The zero-order chi connectivity index (χ0) is 15.4. The maximum Gasteiger partial charge on any atom is 0.350 e. The van der Waals surface area contributed by atoms with Gasteiger partial charge in [-0.15, -0.1) is 11.3 Å². The number of nitrogens with zero attached hydrogens (tertiary/aromatic N) is 2. The number of nitrogens with two attached hydrogens (primary N) is 1. The van der Waals surface area contributed by atoms with Gasteiger partial charge in [-0.3, -0.25) is 4.79 Å². The van der Waals surface area contributed by atoms with E-state index in [2.05, 4.69) is 20.0 Å². The molecule has 0 aliphatic rings. The standard InChI is InChI=1S/C12H14N4O3S2/c1-6-10(11(18)19-2)21-12(14-6)16-8(17)3-7-5-20-9(4-13)15-7/h5H,3-4,13H2,1-2H3,(H,14,16,17). The normalized spacial score (nSPS) is 10.4. The molecule has 0 atom stereocenters. The predicted molar refractivity (Wildman–Crippen MR) is 80.5 cm³/mol. The zero-order valence-corrected chi connectivity index (χ0v) is 13.1. The molecule has 3 N–H and O–H groups in total. The Bertz CT molecular complexity index is 665. The van der Waals surface area contributed by atoms with Gasteiger partial charge in [-0.25, -0.2) is 14.8 Å². The molecule has 0 aromatic carbocycles. The Labute approximate surface area is 129 Å². The van der Waals surface area contributed by atoms with E-state index in [4.69, 9.17) is 5.73 Å². The van der Waals surface area contributed by atoms with Crippen molar-refractivity contribution in [3.63, 3.8) is 0 Å². The molecular formula is C12H14N4O3S2. The first-order valence-electron chi connectivity index (χ1n) is 6.02. The third-order valence-electron chi connectivity index (χ3n) is 2.53. The van der Waals surface area contributed by atoms with Crippen LogP contribution in [0.3, 0.4) is 0 Å². The fourth-order valence-corrected chi connectivity index (χ4v) is 3.16. The van der Waals surface area contributed by atoms with Crippen LogP contribution < -0.4 is 11.1 Å². The smallest absolute Gasteiger partial charge is 0.350 e. The second-order valence-electron chi connectivity index (χ2n) is 4.09. The van der Waals surface area contributed by atoms with Crippen LogP contribution in [-0.4, -0.2) is 29.0 Å². The van der Waals surface area contributed by atoms with Gasteiger partial charge in [0.2, 0.25) is 5.91 Å². The number of esters is 1. The molecule has 9 heteroatoms. The first kappa shape index (κ1) is 15.5. The van der Waals surface area contributed by atoms with Gasteiger partial charge in [0, 0.05) is 11.9 Å². The van der Waals surface area contributed by atoms with Gasteiger partial charge < -0.3 is 15.8 Å². The van der Waals surface area contributed by atoms with Crippen molar-refractivity contribution in [2.45, 2.75) is 19.9 Å². The van der Waals surface area contributed by atoms with Crippen LogP contribution in [0.5, 0.6) is 0 Å². The Hall–Kier alpha value is -1.84. The van der Waals surface area contributed by atoms with Crippen molar-refractivity contribution in [3.05, 3.63) is 26.7 Å². The van der Waals surface area contributed by atoms with Gasteiger partial charge in [-0.2, -0.15) is 0 Å². The summed E-state index contributed by atoms with van der Waals surface area (Å²) in [5.74, 6) is -0.702. The van der Waals surface area contributed by atoms with Crippen LogP contribution in [0.4, 0.5) is 5.13 Å². The highest BCUT2D eigenvalue weighted by atomic mass is 32.1. The van der Waals surface area contributed by atoms with Crippen LogP contribution in [0.25, 0.3) is 0 Å². The molecule has 2 aromatic heterocycles. The Morgan fingerprint density at radius 2 is 2.19 bits per heavy atom. The molecule has 0 aliphatic heterocycles. The molecule has 112 valence electrons. The highest BCUT2D eigenvalue weighted by Gasteiger charge is 2.17. The van der Waals surface area contributed by atoms with Crippen molar-refractivity contribution < 1.29 is 14.3 Å². The molecule has 0 spiro atoms. The van der Waals surface area contributed by atoms with Crippen LogP contribution in [0.2, 0.25) is 0 Å². The predicted octanol–water partition coefficient (Wildman–Crippen LogP) is 1.33. The first-order valence-corrected chi connectivity index (χ1v) is 7.72. The summed E-state index contributed by atoms with van der Waals surface area (Å²) in [4.78, 5) is 32.1. The fraction of sp³-hybridized carbons (Fsp3) is 0.333. The van der Waals surface area contributed by atoms with Crippen LogP contribution in [0.1, 0.15) is 26.1 Å². The van der Waals surface area contributed by atoms with E-state index >= 15 is 0 Å². The summed E-state index contributed by atoms with van der Waals surface area (Å²) >= 11 is 2.51. The number of carbonyl (C=O) groups is 2. The van der Waals surface area contributed by atoms with E-state index in [0.717, 1.165) is 16.3 Å². The molecule has 7 nitrogen and oxygen atoms in total. The number of nitrogens with one attached hydrogen (secondary N) is 1. The van der Waals surface area contributed by atoms with Gasteiger partial charge in [0.1, 0.15) is 9.88 Å². The SMILES string of the molecule is COC(=O)c1sc(NC(=O)Cc2csc(CN)n2)nc1C. The number of anilines is 1. The molecule has 0 saturated heterocycles. The monoisotopic (exact) mass is 326 g/mol. The summed E-state index contributed by atoms with van der Waals surface area (Å²) in [6.45, 7) is 2.05. The molecular weight excluding hydrogens is 312 g/mol. The van der Waals surface area contributed by atoms with Crippen molar-refractivity contribution in [2.24, 2.45) is 5.73 Å². The summed E-state index contributed by atoms with van der Waals surface area (Å²) in [6, 6.07) is 0. The van der Waals surface area contributed by atoms with E-state index in [1.807, 2.05) is 0 Å². The molecule has 2 aromatic rings. The summed E-state index contributed by atoms with van der Waals surface area (Å²) in [6.07, 6.45) is 0.142. The number of carbonyl (C=O) groups excluding carboxylic acids is 2. The van der Waals surface area contributed by atoms with Gasteiger partial charge in [0.05, 0.1) is 24.9 Å². The van der Waals surface area contributed by atoms with E-state index in [-0.39, 0.29) is 12.3 Å². The molecule has 0 aliphatic carbocycles. The number of rotatable bonds is 5. The third-order valence-corrected chi connectivity index (χ3v) is 4.50. The molecule has 0 saturated carbocycles. The number of aromatic nitrogens is 2. The van der Waals surface area contributed by atoms with Gasteiger partial charge >= 0.3 is 5.97 Å². The molecule has 0 radical (unpaired) electrons. The summed E-state index contributed by atoms with van der Waals surface area (Å²) < 4.78 is 4.64. The number of amides is 1. The Kier molecular flexibility index (Phi) is 4.99. The maximum atomic E-state index is 11.9. The van der Waals surface area contributed by atoms with Crippen molar-refractivity contribution in [1.82, 2.24) is 9.97 Å². The minimum absolute atomic E-state index is 0.142. The highest BCUT2D eigenvalue weighted by molar-refractivity contribution is 7.17. The van der Waals surface area contributed by atoms with E-state index in [0.29, 0.717) is 27.9 Å². The van der Waals surface area contributed by atoms with Crippen molar-refractivity contribution in [3.8, 4) is 0 Å². The lowest BCUT2D eigenvalue weighted by atomic mass is 10.3. The zero-order valence-electron chi connectivity index (χ0n) is 11.5. The second kappa shape index (κ2) is 6.74. The van der Waals surface area contributed by atoms with E-state index in [1.165, 1.54) is 18.4 Å². The second-order valence-corrected chi connectivity index (χ2v) is 6.03. The maximum absolute atomic E-state index is 11.9. The van der Waals surface area contributed by atoms with Gasteiger partial charge in [-0.1, -0.05) is 11.3 Å². The summed E-state index contributed by atoms with van der Waals surface area (Å²) in [7, 11) is 1.30. The number of aryl methyl sites for hydroxylation is 1. The Balaban J connectivity index is 2.01. The number of thiazole rings is 2. The average molecular weight is 326 g/mol. The molecule has 21 heavy (non-hydrogen) atoms. The number of methoxy groups -OCH3 is 1. The highest BCUT2D eigenvalue weighted by Crippen LogP contribution is 2.23. The quantitative estimate of drug-likeness (QED) is 0.803. The fourth-order valence-electron chi connectivity index (χ4n) is 1.58. The van der Waals surface area contributed by atoms with E-state index in [1.54, 1.807) is 12.3 Å². The first-order chi connectivity index (χ1) is 10.0. The average Bonchev–Trinajstić information content (AvgIpc) is 3.04. The van der Waals surface area contributed by atoms with Crippen LogP contribution in [-0.2, 0) is 22.5 Å². The van der Waals surface area contributed by atoms with Gasteiger partial charge in [0.25, 0.3) is 0 Å². The summed E-state index contributed by atoms with van der Waals surface area (Å²) in [5, 5.41) is 5.61. The lowest BCUT2D eigenvalue weighted by Crippen LogP contribution is -2.14. The molecule has 0 fully saturated rings. The summed E-state index contributed by atoms with van der Waals surface area (Å²) in [5.41, 5.74) is 6.67. The minimum atomic E-state index is -0.461. The molecule has 2 heterocycles. The van der Waals surface area contributed by atoms with Gasteiger partial charge in [-0.05, 0) is 6.92 Å². The Morgan fingerprint density at radius 1 is 1.43 bits per heavy atom. The van der Waals surface area contributed by atoms with Crippen LogP contribution in [0, 0.1) is 6.92 Å². The number of ether oxygens (including phenoxy) is 1. The van der Waals surface area contributed by atoms with Crippen molar-refractivity contribution in [1.29, 1.82) is 0 Å². The topological polar surface area (TPSA) is 107 Å². The number of hydrogen-bond donors (Lipinski definition) is 2. The molecule has 2 rings (SSSR count). The van der Waals surface area contributed by atoms with E-state index in [9.17, 15) is 9.59 Å². The van der Waals surface area contributed by atoms with Crippen molar-refractivity contribution >= 4 is 39.7 Å². The van der Waals surface area contributed by atoms with Gasteiger partial charge in [0.15, 0.2) is 5.13 Å². The molecule has 0 bridgehead atoms. The third kappa shape index (κ3) is 3.84. The largest absolute Gasteiger partial charge is 0.465 e. The van der Waals surface area contributed by atoms with E-state index < -0.39 is 5.97 Å². The van der Waals surface area contributed by atoms with Crippen LogP contribution in [0.15, 0.2) is 5.38 Å². The van der Waals surface area contributed by atoms with Crippen molar-refractivity contribution in [2.75, 3.05) is 12.4 Å². The lowest BCUT2D eigenvalue weighted by Gasteiger charge is -1.98. The Morgan fingerprint density at radius 3 is 2.81 bits per heavy atom. The lowest BCUT2D eigenvalue weighted by molar-refractivity contribution is -0.115. The molecule has 0 unspecified atom stereocenters. The molecule has 1 amide bonds. The number of hydrogen-bond acceptors (Lipinski definition) is 8. The minimum Gasteiger partial charge on any atom is -0.465 e. The van der Waals surface area contributed by atoms with Crippen LogP contribution >= 0.6 is 22.7 Å².